The molecule has 0 aromatic carbocycles. The summed E-state index contributed by atoms with van der Waals surface area (Å²) in [6.07, 6.45) is 13.5. The van der Waals surface area contributed by atoms with Gasteiger partial charge in [-0.15, -0.1) is 0 Å². The van der Waals surface area contributed by atoms with Gasteiger partial charge in [-0.1, -0.05) is 25.7 Å². The van der Waals surface area contributed by atoms with E-state index in [1.54, 1.807) is 12.4 Å². The molecule has 1 aliphatic heterocycles. The standard InChI is InChI=1S/C18H28N4O/c23-17(19-10-3-8-15-6-1-2-7-15)16-9-4-13-22(14-16)18-20-11-5-12-21-18/h5,11-12,15-16H,1-4,6-10,13-14H2,(H,19,23). The maximum atomic E-state index is 12.4. The highest BCUT2D eigenvalue weighted by molar-refractivity contribution is 5.79. The fourth-order valence-corrected chi connectivity index (χ4v) is 3.87. The Labute approximate surface area is 138 Å². The molecule has 1 aromatic heterocycles. The Morgan fingerprint density at radius 2 is 1.96 bits per heavy atom. The quantitative estimate of drug-likeness (QED) is 0.820. The lowest BCUT2D eigenvalue weighted by Crippen LogP contribution is -2.43. The first-order valence-electron chi connectivity index (χ1n) is 9.12. The predicted octanol–water partition coefficient (Wildman–Crippen LogP) is 2.78. The molecule has 2 fully saturated rings. The molecule has 1 amide bonds. The van der Waals surface area contributed by atoms with E-state index >= 15 is 0 Å². The van der Waals surface area contributed by atoms with E-state index in [1.165, 1.54) is 32.1 Å². The molecule has 1 atom stereocenters. The minimum absolute atomic E-state index is 0.0686. The third kappa shape index (κ3) is 4.66. The van der Waals surface area contributed by atoms with Gasteiger partial charge in [-0.3, -0.25) is 4.79 Å². The summed E-state index contributed by atoms with van der Waals surface area (Å²) in [6.45, 7) is 2.50. The number of amides is 1. The molecule has 1 unspecified atom stereocenters. The van der Waals surface area contributed by atoms with Crippen molar-refractivity contribution in [3.8, 4) is 0 Å². The SMILES string of the molecule is O=C(NCCCC1CCCC1)C1CCCN(c2ncccn2)C1. The van der Waals surface area contributed by atoms with E-state index < -0.39 is 0 Å². The molecule has 5 nitrogen and oxygen atoms in total. The van der Waals surface area contributed by atoms with Gasteiger partial charge in [-0.05, 0) is 37.7 Å². The Morgan fingerprint density at radius 1 is 1.17 bits per heavy atom. The van der Waals surface area contributed by atoms with E-state index in [4.69, 9.17) is 0 Å². The summed E-state index contributed by atoms with van der Waals surface area (Å²) in [5, 5.41) is 3.14. The molecule has 1 saturated heterocycles. The zero-order chi connectivity index (χ0) is 15.9. The molecular weight excluding hydrogens is 288 g/mol. The van der Waals surface area contributed by atoms with Gasteiger partial charge in [0.25, 0.3) is 0 Å². The van der Waals surface area contributed by atoms with Crippen LogP contribution in [0.3, 0.4) is 0 Å². The summed E-state index contributed by atoms with van der Waals surface area (Å²) in [7, 11) is 0. The van der Waals surface area contributed by atoms with E-state index in [1.807, 2.05) is 6.07 Å². The Bertz CT molecular complexity index is 487. The molecule has 1 N–H and O–H groups in total. The Hall–Kier alpha value is -1.65. The molecule has 0 bridgehead atoms. The number of anilines is 1. The number of hydrogen-bond acceptors (Lipinski definition) is 4. The first-order valence-corrected chi connectivity index (χ1v) is 9.12. The average molecular weight is 316 g/mol. The third-order valence-corrected chi connectivity index (χ3v) is 5.19. The van der Waals surface area contributed by atoms with Gasteiger partial charge in [0, 0.05) is 32.0 Å². The van der Waals surface area contributed by atoms with Gasteiger partial charge >= 0.3 is 0 Å². The van der Waals surface area contributed by atoms with Gasteiger partial charge in [-0.25, -0.2) is 9.97 Å². The number of nitrogens with one attached hydrogen (secondary N) is 1. The first kappa shape index (κ1) is 16.2. The summed E-state index contributed by atoms with van der Waals surface area (Å²) in [6, 6.07) is 1.82. The summed E-state index contributed by atoms with van der Waals surface area (Å²) in [4.78, 5) is 23.1. The zero-order valence-corrected chi connectivity index (χ0v) is 13.9. The fourth-order valence-electron chi connectivity index (χ4n) is 3.87. The van der Waals surface area contributed by atoms with Crippen LogP contribution in [0.2, 0.25) is 0 Å². The van der Waals surface area contributed by atoms with Crippen molar-refractivity contribution >= 4 is 11.9 Å². The van der Waals surface area contributed by atoms with Crippen LogP contribution in [0.1, 0.15) is 51.4 Å². The first-order chi connectivity index (χ1) is 11.3. The molecule has 5 heteroatoms. The van der Waals surface area contributed by atoms with Crippen molar-refractivity contribution in [3.05, 3.63) is 18.5 Å². The largest absolute Gasteiger partial charge is 0.356 e. The predicted molar refractivity (Wildman–Crippen MR) is 91.2 cm³/mol. The lowest BCUT2D eigenvalue weighted by Gasteiger charge is -2.31. The highest BCUT2D eigenvalue weighted by atomic mass is 16.1. The molecule has 23 heavy (non-hydrogen) atoms. The van der Waals surface area contributed by atoms with Crippen molar-refractivity contribution < 1.29 is 4.79 Å². The van der Waals surface area contributed by atoms with Crippen molar-refractivity contribution in [2.45, 2.75) is 51.4 Å². The van der Waals surface area contributed by atoms with Crippen LogP contribution in [-0.2, 0) is 4.79 Å². The number of carbonyl (C=O) groups is 1. The summed E-state index contributed by atoms with van der Waals surface area (Å²) in [5.74, 6) is 1.93. The van der Waals surface area contributed by atoms with Gasteiger partial charge in [0.2, 0.25) is 11.9 Å². The van der Waals surface area contributed by atoms with Crippen molar-refractivity contribution in [3.63, 3.8) is 0 Å². The van der Waals surface area contributed by atoms with Crippen molar-refractivity contribution in [2.75, 3.05) is 24.5 Å². The van der Waals surface area contributed by atoms with Gasteiger partial charge in [0.05, 0.1) is 5.92 Å². The smallest absolute Gasteiger partial charge is 0.225 e. The normalized spacial score (nSPS) is 22.3. The second kappa shape index (κ2) is 8.27. The van der Waals surface area contributed by atoms with Crippen LogP contribution in [0.25, 0.3) is 0 Å². The monoisotopic (exact) mass is 316 g/mol. The number of aromatic nitrogens is 2. The number of hydrogen-bond donors (Lipinski definition) is 1. The molecule has 126 valence electrons. The van der Waals surface area contributed by atoms with Crippen LogP contribution in [-0.4, -0.2) is 35.5 Å². The van der Waals surface area contributed by atoms with Crippen LogP contribution in [0.4, 0.5) is 5.95 Å². The van der Waals surface area contributed by atoms with Crippen LogP contribution in [0, 0.1) is 11.8 Å². The topological polar surface area (TPSA) is 58.1 Å². The fraction of sp³-hybridized carbons (Fsp3) is 0.722. The molecule has 1 aliphatic carbocycles. The highest BCUT2D eigenvalue weighted by Gasteiger charge is 2.26. The third-order valence-electron chi connectivity index (χ3n) is 5.19. The molecule has 0 spiro atoms. The number of rotatable bonds is 6. The molecule has 2 heterocycles. The van der Waals surface area contributed by atoms with E-state index in [0.717, 1.165) is 50.8 Å². The molecular formula is C18H28N4O. The van der Waals surface area contributed by atoms with E-state index in [2.05, 4.69) is 20.2 Å². The van der Waals surface area contributed by atoms with Gasteiger partial charge in [0.15, 0.2) is 0 Å². The minimum atomic E-state index is 0.0686. The zero-order valence-electron chi connectivity index (χ0n) is 13.9. The van der Waals surface area contributed by atoms with Crippen LogP contribution < -0.4 is 10.2 Å². The number of nitrogens with zero attached hydrogens (tertiary/aromatic N) is 3. The van der Waals surface area contributed by atoms with Crippen LogP contribution >= 0.6 is 0 Å². The second-order valence-corrected chi connectivity index (χ2v) is 6.92. The Morgan fingerprint density at radius 3 is 2.74 bits per heavy atom. The number of piperidine rings is 1. The Kier molecular flexibility index (Phi) is 5.83. The highest BCUT2D eigenvalue weighted by Crippen LogP contribution is 2.28. The Balaban J connectivity index is 1.40. The van der Waals surface area contributed by atoms with Crippen molar-refractivity contribution in [1.82, 2.24) is 15.3 Å². The van der Waals surface area contributed by atoms with Gasteiger partial charge in [0.1, 0.15) is 0 Å². The van der Waals surface area contributed by atoms with Gasteiger partial charge < -0.3 is 10.2 Å². The molecule has 0 radical (unpaired) electrons. The van der Waals surface area contributed by atoms with E-state index in [9.17, 15) is 4.79 Å². The van der Waals surface area contributed by atoms with E-state index in [-0.39, 0.29) is 11.8 Å². The summed E-state index contributed by atoms with van der Waals surface area (Å²) < 4.78 is 0. The molecule has 2 aliphatic rings. The molecule has 1 aromatic rings. The average Bonchev–Trinajstić information content (AvgIpc) is 3.13. The lowest BCUT2D eigenvalue weighted by atomic mass is 9.97. The molecule has 1 saturated carbocycles. The van der Waals surface area contributed by atoms with E-state index in [0.29, 0.717) is 0 Å². The maximum Gasteiger partial charge on any atom is 0.225 e. The summed E-state index contributed by atoms with van der Waals surface area (Å²) in [5.41, 5.74) is 0. The lowest BCUT2D eigenvalue weighted by molar-refractivity contribution is -0.125. The van der Waals surface area contributed by atoms with Crippen LogP contribution in [0.5, 0.6) is 0 Å². The second-order valence-electron chi connectivity index (χ2n) is 6.92. The number of carbonyl (C=O) groups excluding carboxylic acids is 1. The maximum absolute atomic E-state index is 12.4. The molecule has 3 rings (SSSR count). The minimum Gasteiger partial charge on any atom is -0.356 e. The summed E-state index contributed by atoms with van der Waals surface area (Å²) >= 11 is 0. The van der Waals surface area contributed by atoms with Gasteiger partial charge in [-0.2, -0.15) is 0 Å². The van der Waals surface area contributed by atoms with Crippen molar-refractivity contribution in [1.29, 1.82) is 0 Å². The van der Waals surface area contributed by atoms with Crippen molar-refractivity contribution in [2.24, 2.45) is 11.8 Å². The van der Waals surface area contributed by atoms with Crippen LogP contribution in [0.15, 0.2) is 18.5 Å².